The number of carboxylic acids is 1. The van der Waals surface area contributed by atoms with E-state index in [1.54, 1.807) is 0 Å². The Kier molecular flexibility index (Phi) is 3.89. The Hall–Kier alpha value is -2.12. The van der Waals surface area contributed by atoms with Crippen LogP contribution in [0, 0.1) is 0 Å². The molecule has 1 N–H and O–H groups in total. The molecule has 0 aromatic carbocycles. The van der Waals surface area contributed by atoms with E-state index in [-0.39, 0.29) is 11.4 Å². The first-order valence-corrected chi connectivity index (χ1v) is 4.75. The fraction of sp³-hybridized carbons (Fsp3) is 0.300. The molecule has 0 saturated carbocycles. The lowest BCUT2D eigenvalue weighted by Gasteiger charge is -2.21. The van der Waals surface area contributed by atoms with Crippen molar-refractivity contribution in [3.05, 3.63) is 23.9 Å². The van der Waals surface area contributed by atoms with Gasteiger partial charge in [-0.25, -0.2) is 9.78 Å². The second-order valence-electron chi connectivity index (χ2n) is 3.43. The van der Waals surface area contributed by atoms with E-state index in [1.807, 2.05) is 0 Å². The minimum absolute atomic E-state index is 0.172. The molecule has 5 nitrogen and oxygen atoms in total. The third kappa shape index (κ3) is 3.72. The smallest absolute Gasteiger partial charge is 0.406 e. The average Bonchev–Trinajstić information content (AvgIpc) is 2.24. The van der Waals surface area contributed by atoms with Gasteiger partial charge < -0.3 is 5.11 Å². The molecule has 0 aliphatic rings. The van der Waals surface area contributed by atoms with Crippen molar-refractivity contribution in [1.29, 1.82) is 0 Å². The zero-order chi connectivity index (χ0) is 13.9. The van der Waals surface area contributed by atoms with Gasteiger partial charge in [0.25, 0.3) is 0 Å². The predicted octanol–water partition coefficient (Wildman–Crippen LogP) is 1.70. The van der Waals surface area contributed by atoms with Crippen LogP contribution in [0.1, 0.15) is 17.3 Å². The van der Waals surface area contributed by atoms with E-state index >= 15 is 0 Å². The number of anilines is 1. The SMILES string of the molecule is CC(=O)N(CC(F)(F)F)c1ccc(C(=O)O)cn1. The van der Waals surface area contributed by atoms with Crippen LogP contribution in [0.2, 0.25) is 0 Å². The van der Waals surface area contributed by atoms with Crippen molar-refractivity contribution < 1.29 is 27.9 Å². The van der Waals surface area contributed by atoms with E-state index in [9.17, 15) is 22.8 Å². The second kappa shape index (κ2) is 5.03. The van der Waals surface area contributed by atoms with E-state index in [0.29, 0.717) is 4.90 Å². The zero-order valence-electron chi connectivity index (χ0n) is 9.23. The molecule has 1 aromatic rings. The van der Waals surface area contributed by atoms with Gasteiger partial charge in [0, 0.05) is 13.1 Å². The van der Waals surface area contributed by atoms with Crippen LogP contribution in [0.4, 0.5) is 19.0 Å². The molecular formula is C10H9F3N2O3. The summed E-state index contributed by atoms with van der Waals surface area (Å²) in [5.74, 6) is -2.33. The number of carbonyl (C=O) groups excluding carboxylic acids is 1. The molecule has 0 radical (unpaired) electrons. The van der Waals surface area contributed by atoms with Gasteiger partial charge in [-0.05, 0) is 12.1 Å². The Bertz CT molecular complexity index is 456. The topological polar surface area (TPSA) is 70.5 Å². The quantitative estimate of drug-likeness (QED) is 0.899. The summed E-state index contributed by atoms with van der Waals surface area (Å²) in [6.07, 6.45) is -3.66. The van der Waals surface area contributed by atoms with Gasteiger partial charge in [-0.2, -0.15) is 13.2 Å². The van der Waals surface area contributed by atoms with Crippen molar-refractivity contribution in [3.8, 4) is 0 Å². The van der Waals surface area contributed by atoms with E-state index in [2.05, 4.69) is 4.98 Å². The molecule has 1 heterocycles. The van der Waals surface area contributed by atoms with Crippen LogP contribution in [-0.2, 0) is 4.79 Å². The number of aromatic nitrogens is 1. The number of pyridine rings is 1. The maximum Gasteiger partial charge on any atom is 0.406 e. The Morgan fingerprint density at radius 2 is 2.00 bits per heavy atom. The highest BCUT2D eigenvalue weighted by Gasteiger charge is 2.33. The minimum Gasteiger partial charge on any atom is -0.478 e. The third-order valence-electron chi connectivity index (χ3n) is 1.99. The number of carboxylic acid groups (broad SMARTS) is 1. The van der Waals surface area contributed by atoms with Crippen LogP contribution in [0.25, 0.3) is 0 Å². The molecule has 18 heavy (non-hydrogen) atoms. The summed E-state index contributed by atoms with van der Waals surface area (Å²) in [6.45, 7) is -0.500. The molecule has 8 heteroatoms. The molecule has 0 atom stereocenters. The first kappa shape index (κ1) is 13.9. The number of amides is 1. The molecule has 0 spiro atoms. The number of rotatable bonds is 3. The van der Waals surface area contributed by atoms with Crippen LogP contribution < -0.4 is 4.90 Å². The number of hydrogen-bond donors (Lipinski definition) is 1. The molecule has 0 bridgehead atoms. The number of carbonyl (C=O) groups is 2. The predicted molar refractivity (Wildman–Crippen MR) is 55.3 cm³/mol. The van der Waals surface area contributed by atoms with Gasteiger partial charge in [0.15, 0.2) is 0 Å². The number of nitrogens with zero attached hydrogens (tertiary/aromatic N) is 2. The molecular weight excluding hydrogens is 253 g/mol. The molecule has 0 saturated heterocycles. The fourth-order valence-corrected chi connectivity index (χ4v) is 1.21. The standard InChI is InChI=1S/C10H9F3N2O3/c1-6(16)15(5-10(11,12)13)8-3-2-7(4-14-8)9(17)18/h2-4H,5H2,1H3,(H,17,18). The lowest BCUT2D eigenvalue weighted by Crippen LogP contribution is -2.38. The highest BCUT2D eigenvalue weighted by molar-refractivity contribution is 5.91. The van der Waals surface area contributed by atoms with Crippen molar-refractivity contribution in [3.63, 3.8) is 0 Å². The molecule has 0 aliphatic heterocycles. The van der Waals surface area contributed by atoms with E-state index in [4.69, 9.17) is 5.11 Å². The van der Waals surface area contributed by atoms with Crippen LogP contribution in [-0.4, -0.2) is 34.7 Å². The molecule has 1 amide bonds. The van der Waals surface area contributed by atoms with Crippen LogP contribution in [0.5, 0.6) is 0 Å². The highest BCUT2D eigenvalue weighted by Crippen LogP contribution is 2.21. The first-order valence-electron chi connectivity index (χ1n) is 4.75. The molecule has 98 valence electrons. The van der Waals surface area contributed by atoms with Crippen molar-refractivity contribution in [2.75, 3.05) is 11.4 Å². The Balaban J connectivity index is 3.00. The van der Waals surface area contributed by atoms with E-state index in [1.165, 1.54) is 0 Å². The van der Waals surface area contributed by atoms with Gasteiger partial charge >= 0.3 is 12.1 Å². The molecule has 0 fully saturated rings. The Morgan fingerprint density at radius 3 is 2.33 bits per heavy atom. The van der Waals surface area contributed by atoms with Crippen LogP contribution in [0.3, 0.4) is 0 Å². The maximum atomic E-state index is 12.2. The lowest BCUT2D eigenvalue weighted by atomic mass is 10.3. The van der Waals surface area contributed by atoms with Crippen molar-refractivity contribution in [2.45, 2.75) is 13.1 Å². The van der Waals surface area contributed by atoms with Gasteiger partial charge in [-0.3, -0.25) is 9.69 Å². The highest BCUT2D eigenvalue weighted by atomic mass is 19.4. The Labute approximate surface area is 99.8 Å². The van der Waals surface area contributed by atoms with E-state index in [0.717, 1.165) is 25.3 Å². The molecule has 1 aromatic heterocycles. The summed E-state index contributed by atoms with van der Waals surface area (Å²) < 4.78 is 36.7. The van der Waals surface area contributed by atoms with Gasteiger partial charge in [0.1, 0.15) is 12.4 Å². The normalized spacial score (nSPS) is 11.1. The second-order valence-corrected chi connectivity index (χ2v) is 3.43. The largest absolute Gasteiger partial charge is 0.478 e. The third-order valence-corrected chi connectivity index (χ3v) is 1.99. The fourth-order valence-electron chi connectivity index (χ4n) is 1.21. The van der Waals surface area contributed by atoms with Crippen molar-refractivity contribution in [2.24, 2.45) is 0 Å². The van der Waals surface area contributed by atoms with E-state index < -0.39 is 24.6 Å². The average molecular weight is 262 g/mol. The van der Waals surface area contributed by atoms with Gasteiger partial charge in [0.05, 0.1) is 5.56 Å². The van der Waals surface area contributed by atoms with Crippen LogP contribution >= 0.6 is 0 Å². The number of hydrogen-bond acceptors (Lipinski definition) is 3. The van der Waals surface area contributed by atoms with Gasteiger partial charge in [-0.1, -0.05) is 0 Å². The number of aromatic carboxylic acids is 1. The Morgan fingerprint density at radius 1 is 1.39 bits per heavy atom. The monoisotopic (exact) mass is 262 g/mol. The summed E-state index contributed by atoms with van der Waals surface area (Å²) in [7, 11) is 0. The molecule has 1 rings (SSSR count). The number of halogens is 3. The summed E-state index contributed by atoms with van der Waals surface area (Å²) in [5.41, 5.74) is -0.172. The summed E-state index contributed by atoms with van der Waals surface area (Å²) in [6, 6.07) is 2.13. The number of alkyl halides is 3. The molecule has 0 aliphatic carbocycles. The van der Waals surface area contributed by atoms with Gasteiger partial charge in [0.2, 0.25) is 5.91 Å². The maximum absolute atomic E-state index is 12.2. The first-order chi connectivity index (χ1) is 8.20. The minimum atomic E-state index is -4.56. The zero-order valence-corrected chi connectivity index (χ0v) is 9.23. The summed E-state index contributed by atoms with van der Waals surface area (Å²) >= 11 is 0. The van der Waals surface area contributed by atoms with Crippen molar-refractivity contribution >= 4 is 17.7 Å². The van der Waals surface area contributed by atoms with Crippen LogP contribution in [0.15, 0.2) is 18.3 Å². The summed E-state index contributed by atoms with van der Waals surface area (Å²) in [4.78, 5) is 25.6. The van der Waals surface area contributed by atoms with Gasteiger partial charge in [-0.15, -0.1) is 0 Å². The lowest BCUT2D eigenvalue weighted by molar-refractivity contribution is -0.131. The van der Waals surface area contributed by atoms with Crippen molar-refractivity contribution in [1.82, 2.24) is 4.98 Å². The summed E-state index contributed by atoms with van der Waals surface area (Å²) in [5, 5.41) is 8.61. The molecule has 0 unspecified atom stereocenters.